The maximum absolute atomic E-state index is 9.08. The normalized spacial score (nSPS) is 10.9. The average Bonchev–Trinajstić information content (AvgIpc) is 2.06. The molecule has 0 aliphatic rings. The molecule has 0 fully saturated rings. The molecule has 0 spiro atoms. The van der Waals surface area contributed by atoms with E-state index in [1.165, 1.54) is 6.21 Å². The average molecular weight is 232 g/mol. The highest BCUT2D eigenvalue weighted by Crippen LogP contribution is 1.88. The Labute approximate surface area is 88.2 Å². The number of hydrogen-bond acceptors (Lipinski definition) is 5. The zero-order chi connectivity index (χ0) is 11.9. The minimum Gasteiger partial charge on any atom is -0.748 e. The molecule has 0 aliphatic heterocycles. The number of nitrogens with zero attached hydrogens (tertiary/aromatic N) is 2. The number of pyridine rings is 1. The second kappa shape index (κ2) is 6.10. The van der Waals surface area contributed by atoms with Gasteiger partial charge in [-0.1, -0.05) is 5.16 Å². The molecule has 1 N–H and O–H groups in total. The van der Waals surface area contributed by atoms with Crippen molar-refractivity contribution in [2.45, 2.75) is 0 Å². The predicted molar refractivity (Wildman–Crippen MR) is 52.6 cm³/mol. The molecular formula is C8H12N2O4S. The molecule has 84 valence electrons. The van der Waals surface area contributed by atoms with Crippen molar-refractivity contribution < 1.29 is 22.7 Å². The number of aryl methyl sites for hydroxylation is 1. The van der Waals surface area contributed by atoms with E-state index in [1.807, 2.05) is 36.1 Å². The van der Waals surface area contributed by atoms with Gasteiger partial charge in [-0.2, -0.15) is 0 Å². The summed E-state index contributed by atoms with van der Waals surface area (Å²) in [5.41, 5.74) is 0.889. The maximum Gasteiger partial charge on any atom is 0.169 e. The molecule has 0 aliphatic carbocycles. The van der Waals surface area contributed by atoms with E-state index in [2.05, 4.69) is 5.16 Å². The van der Waals surface area contributed by atoms with Gasteiger partial charge in [-0.05, 0) is 0 Å². The van der Waals surface area contributed by atoms with Gasteiger partial charge in [0.1, 0.15) is 7.05 Å². The van der Waals surface area contributed by atoms with Gasteiger partial charge in [-0.3, -0.25) is 0 Å². The lowest BCUT2D eigenvalue weighted by atomic mass is 10.3. The molecule has 0 saturated carbocycles. The topological polar surface area (TPSA) is 93.7 Å². The quantitative estimate of drug-likeness (QED) is 0.232. The minimum absolute atomic E-state index is 0.604. The lowest BCUT2D eigenvalue weighted by molar-refractivity contribution is -0.671. The van der Waals surface area contributed by atoms with E-state index in [0.717, 1.165) is 5.56 Å². The summed E-state index contributed by atoms with van der Waals surface area (Å²) < 4.78 is 29.1. The van der Waals surface area contributed by atoms with Crippen molar-refractivity contribution in [3.63, 3.8) is 0 Å². The Morgan fingerprint density at radius 2 is 1.87 bits per heavy atom. The summed E-state index contributed by atoms with van der Waals surface area (Å²) in [7, 11) is -1.99. The van der Waals surface area contributed by atoms with Crippen LogP contribution in [0.5, 0.6) is 0 Å². The fourth-order valence-electron chi connectivity index (χ4n) is 0.665. The summed E-state index contributed by atoms with van der Waals surface area (Å²) in [5, 5.41) is 11.1. The van der Waals surface area contributed by atoms with Gasteiger partial charge in [0.2, 0.25) is 0 Å². The van der Waals surface area contributed by atoms with Crippen LogP contribution in [-0.4, -0.2) is 30.6 Å². The summed E-state index contributed by atoms with van der Waals surface area (Å²) >= 11 is 0. The van der Waals surface area contributed by atoms with E-state index in [-0.39, 0.29) is 0 Å². The van der Waals surface area contributed by atoms with Gasteiger partial charge in [0.05, 0.1) is 16.3 Å². The van der Waals surface area contributed by atoms with Gasteiger partial charge >= 0.3 is 0 Å². The van der Waals surface area contributed by atoms with E-state index < -0.39 is 10.1 Å². The first-order chi connectivity index (χ1) is 6.83. The van der Waals surface area contributed by atoms with Crippen molar-refractivity contribution in [1.29, 1.82) is 0 Å². The van der Waals surface area contributed by atoms with Crippen LogP contribution < -0.4 is 4.57 Å². The number of hydrogen-bond donors (Lipinski definition) is 1. The molecule has 1 heterocycles. The van der Waals surface area contributed by atoms with Gasteiger partial charge in [0, 0.05) is 24.0 Å². The van der Waals surface area contributed by atoms with Gasteiger partial charge in [0.25, 0.3) is 0 Å². The summed E-state index contributed by atoms with van der Waals surface area (Å²) in [6.45, 7) is 0. The first-order valence-electron chi connectivity index (χ1n) is 3.86. The van der Waals surface area contributed by atoms with Crippen LogP contribution in [0.3, 0.4) is 0 Å². The molecule has 0 unspecified atom stereocenters. The smallest absolute Gasteiger partial charge is 0.169 e. The molecule has 6 nitrogen and oxygen atoms in total. The molecule has 1 aromatic rings. The van der Waals surface area contributed by atoms with Crippen LogP contribution in [0, 0.1) is 0 Å². The number of aromatic nitrogens is 1. The monoisotopic (exact) mass is 232 g/mol. The Balaban J connectivity index is 0.000000336. The third-order valence-corrected chi connectivity index (χ3v) is 1.21. The van der Waals surface area contributed by atoms with Crippen LogP contribution in [0.2, 0.25) is 0 Å². The van der Waals surface area contributed by atoms with Gasteiger partial charge in [-0.15, -0.1) is 0 Å². The molecule has 0 aromatic carbocycles. The van der Waals surface area contributed by atoms with Crippen LogP contribution in [-0.2, 0) is 17.2 Å². The highest BCUT2D eigenvalue weighted by molar-refractivity contribution is 7.84. The van der Waals surface area contributed by atoms with Crippen LogP contribution in [0.15, 0.2) is 29.7 Å². The Morgan fingerprint density at radius 3 is 2.20 bits per heavy atom. The van der Waals surface area contributed by atoms with E-state index in [0.29, 0.717) is 6.26 Å². The molecule has 1 aromatic heterocycles. The summed E-state index contributed by atoms with van der Waals surface area (Å²) in [6, 6.07) is 3.72. The Bertz CT molecular complexity index is 403. The van der Waals surface area contributed by atoms with E-state index in [1.54, 1.807) is 0 Å². The second-order valence-electron chi connectivity index (χ2n) is 2.75. The van der Waals surface area contributed by atoms with Crippen LogP contribution >= 0.6 is 0 Å². The lowest BCUT2D eigenvalue weighted by Crippen LogP contribution is -2.25. The van der Waals surface area contributed by atoms with Crippen molar-refractivity contribution in [1.82, 2.24) is 0 Å². The SMILES string of the molecule is CS(=O)(=O)[O-].C[n+]1ccc(C=NO)cc1. The van der Waals surface area contributed by atoms with E-state index in [4.69, 9.17) is 18.2 Å². The van der Waals surface area contributed by atoms with Gasteiger partial charge < -0.3 is 9.76 Å². The molecule has 1 rings (SSSR count). The zero-order valence-electron chi connectivity index (χ0n) is 8.36. The zero-order valence-corrected chi connectivity index (χ0v) is 9.18. The molecule has 0 atom stereocenters. The third kappa shape index (κ3) is 10.5. The van der Waals surface area contributed by atoms with Crippen molar-refractivity contribution >= 4 is 16.3 Å². The van der Waals surface area contributed by atoms with Crippen LogP contribution in [0.1, 0.15) is 5.56 Å². The second-order valence-corrected chi connectivity index (χ2v) is 4.15. The standard InChI is InChI=1S/C7H8N2O.CH4O3S/c1-9-4-2-7(3-5-9)6-8-10;1-5(2,3)4/h2-6H,1H3;1H3,(H,2,3,4). The lowest BCUT2D eigenvalue weighted by Gasteiger charge is -1.90. The van der Waals surface area contributed by atoms with Crippen molar-refractivity contribution in [3.05, 3.63) is 30.1 Å². The number of rotatable bonds is 1. The van der Waals surface area contributed by atoms with Crippen LogP contribution in [0.4, 0.5) is 0 Å². The Hall–Kier alpha value is -1.47. The van der Waals surface area contributed by atoms with Crippen molar-refractivity contribution in [2.75, 3.05) is 6.26 Å². The third-order valence-electron chi connectivity index (χ3n) is 1.21. The molecule has 0 saturated heterocycles. The maximum atomic E-state index is 9.08. The summed E-state index contributed by atoms with van der Waals surface area (Å²) in [6.07, 6.45) is 5.76. The highest BCUT2D eigenvalue weighted by Gasteiger charge is 1.90. The Kier molecular flexibility index (Phi) is 5.50. The molecule has 0 amide bonds. The molecule has 7 heteroatoms. The van der Waals surface area contributed by atoms with Crippen molar-refractivity contribution in [2.24, 2.45) is 12.2 Å². The number of oxime groups is 1. The summed E-state index contributed by atoms with van der Waals surface area (Å²) in [4.78, 5) is 0. The first kappa shape index (κ1) is 13.5. The van der Waals surface area contributed by atoms with E-state index >= 15 is 0 Å². The largest absolute Gasteiger partial charge is 0.748 e. The van der Waals surface area contributed by atoms with E-state index in [9.17, 15) is 0 Å². The molecular weight excluding hydrogens is 220 g/mol. The fourth-order valence-corrected chi connectivity index (χ4v) is 0.665. The van der Waals surface area contributed by atoms with Crippen molar-refractivity contribution in [3.8, 4) is 0 Å². The predicted octanol–water partition coefficient (Wildman–Crippen LogP) is -0.519. The fraction of sp³-hybridized carbons (Fsp3) is 0.250. The van der Waals surface area contributed by atoms with Gasteiger partial charge in [0.15, 0.2) is 12.4 Å². The molecule has 0 bridgehead atoms. The first-order valence-corrected chi connectivity index (χ1v) is 5.68. The summed E-state index contributed by atoms with van der Waals surface area (Å²) in [5.74, 6) is 0. The minimum atomic E-state index is -3.92. The molecule has 0 radical (unpaired) electrons. The van der Waals surface area contributed by atoms with Crippen LogP contribution in [0.25, 0.3) is 0 Å². The van der Waals surface area contributed by atoms with Gasteiger partial charge in [-0.25, -0.2) is 13.0 Å². The Morgan fingerprint density at radius 1 is 1.47 bits per heavy atom. The highest BCUT2D eigenvalue weighted by atomic mass is 32.2. The molecule has 15 heavy (non-hydrogen) atoms.